The minimum absolute atomic E-state index is 0. The number of thioether (sulfide) groups is 1. The van der Waals surface area contributed by atoms with Crippen LogP contribution in [0.5, 0.6) is 0 Å². The molecular weight excluding hydrogens is 459 g/mol. The lowest BCUT2D eigenvalue weighted by molar-refractivity contribution is 0.346. The van der Waals surface area contributed by atoms with E-state index in [1.165, 1.54) is 6.42 Å². The van der Waals surface area contributed by atoms with Crippen LogP contribution in [0.2, 0.25) is 0 Å². The van der Waals surface area contributed by atoms with E-state index in [2.05, 4.69) is 54.8 Å². The molecule has 1 aromatic rings. The van der Waals surface area contributed by atoms with E-state index in [0.717, 1.165) is 42.7 Å². The molecule has 26 heavy (non-hydrogen) atoms. The number of aryl methyl sites for hydroxylation is 1. The summed E-state index contributed by atoms with van der Waals surface area (Å²) in [6.45, 7) is 12.5. The molecule has 2 N–H and O–H groups in total. The van der Waals surface area contributed by atoms with Crippen molar-refractivity contribution in [1.82, 2.24) is 25.4 Å². The lowest BCUT2D eigenvalue weighted by atomic mass is 9.89. The Labute approximate surface area is 180 Å². The highest BCUT2D eigenvalue weighted by Crippen LogP contribution is 2.21. The predicted molar refractivity (Wildman–Crippen MR) is 125 cm³/mol. The second-order valence-corrected chi connectivity index (χ2v) is 8.79. The van der Waals surface area contributed by atoms with Crippen LogP contribution in [0.1, 0.15) is 58.6 Å². The first-order valence-corrected chi connectivity index (χ1v) is 10.5. The minimum atomic E-state index is 0. The number of hydrogen-bond donors (Lipinski definition) is 2. The Hall–Kier alpha value is -0.510. The molecule has 6 nitrogen and oxygen atoms in total. The zero-order chi connectivity index (χ0) is 18.9. The van der Waals surface area contributed by atoms with Gasteiger partial charge in [0.25, 0.3) is 0 Å². The molecule has 0 spiro atoms. The molecule has 0 amide bonds. The fourth-order valence-corrected chi connectivity index (χ4v) is 2.70. The van der Waals surface area contributed by atoms with Gasteiger partial charge in [-0.3, -0.25) is 0 Å². The summed E-state index contributed by atoms with van der Waals surface area (Å²) in [5, 5.41) is 15.3. The van der Waals surface area contributed by atoms with Gasteiger partial charge in [0.15, 0.2) is 11.8 Å². The fraction of sp³-hybridized carbons (Fsp3) is 0.833. The van der Waals surface area contributed by atoms with Gasteiger partial charge >= 0.3 is 0 Å². The van der Waals surface area contributed by atoms with Crippen molar-refractivity contribution in [3.8, 4) is 0 Å². The summed E-state index contributed by atoms with van der Waals surface area (Å²) >= 11 is 1.87. The summed E-state index contributed by atoms with van der Waals surface area (Å²) in [6.07, 6.45) is 5.57. The number of guanidine groups is 1. The molecule has 0 aromatic carbocycles. The normalized spacial score (nSPS) is 13.3. The second kappa shape index (κ2) is 12.8. The first-order valence-electron chi connectivity index (χ1n) is 9.11. The van der Waals surface area contributed by atoms with Crippen molar-refractivity contribution in [2.45, 2.75) is 66.5 Å². The van der Waals surface area contributed by atoms with Crippen LogP contribution in [0.15, 0.2) is 4.99 Å². The van der Waals surface area contributed by atoms with Gasteiger partial charge < -0.3 is 15.2 Å². The average molecular weight is 497 g/mol. The van der Waals surface area contributed by atoms with E-state index in [-0.39, 0.29) is 24.0 Å². The molecule has 8 heteroatoms. The number of aliphatic imine (C=N–C) groups is 1. The second-order valence-electron chi connectivity index (χ2n) is 7.81. The van der Waals surface area contributed by atoms with Crippen molar-refractivity contribution in [3.63, 3.8) is 0 Å². The molecular formula is C18H37IN6S. The zero-order valence-corrected chi connectivity index (χ0v) is 20.6. The van der Waals surface area contributed by atoms with Crippen LogP contribution in [0.4, 0.5) is 0 Å². The highest BCUT2D eigenvalue weighted by molar-refractivity contribution is 14.0. The Balaban J connectivity index is 0.00000625. The molecule has 1 rings (SSSR count). The quantitative estimate of drug-likeness (QED) is 0.236. The third kappa shape index (κ3) is 10.6. The van der Waals surface area contributed by atoms with Gasteiger partial charge in [0.2, 0.25) is 0 Å². The lowest BCUT2D eigenvalue weighted by Crippen LogP contribution is -2.43. The molecule has 0 fully saturated rings. The maximum absolute atomic E-state index is 4.71. The van der Waals surface area contributed by atoms with Gasteiger partial charge in [0.05, 0.1) is 0 Å². The van der Waals surface area contributed by atoms with Crippen molar-refractivity contribution < 1.29 is 0 Å². The Kier molecular flexibility index (Phi) is 12.6. The molecule has 1 aromatic heterocycles. The van der Waals surface area contributed by atoms with E-state index in [1.807, 2.05) is 30.3 Å². The van der Waals surface area contributed by atoms with Gasteiger partial charge in [-0.25, -0.2) is 4.99 Å². The third-order valence-electron chi connectivity index (χ3n) is 4.09. The average Bonchev–Trinajstić information content (AvgIpc) is 2.85. The van der Waals surface area contributed by atoms with E-state index < -0.39 is 0 Å². The topological polar surface area (TPSA) is 67.1 Å². The summed E-state index contributed by atoms with van der Waals surface area (Å²) in [5.74, 6) is 3.81. The SMILES string of the molecule is CSCCCNC(=NCc1nnc(C)n1C)NC(C)CCC(C)(C)C.I. The first kappa shape index (κ1) is 25.5. The Morgan fingerprint density at radius 3 is 2.54 bits per heavy atom. The monoisotopic (exact) mass is 496 g/mol. The van der Waals surface area contributed by atoms with Crippen molar-refractivity contribution in [2.75, 3.05) is 18.6 Å². The molecule has 0 saturated heterocycles. The first-order chi connectivity index (χ1) is 11.7. The molecule has 0 radical (unpaired) electrons. The molecule has 152 valence electrons. The van der Waals surface area contributed by atoms with Crippen LogP contribution in [0.25, 0.3) is 0 Å². The largest absolute Gasteiger partial charge is 0.356 e. The number of rotatable bonds is 9. The summed E-state index contributed by atoms with van der Waals surface area (Å²) in [6, 6.07) is 0.382. The smallest absolute Gasteiger partial charge is 0.191 e. The Morgan fingerprint density at radius 1 is 1.31 bits per heavy atom. The summed E-state index contributed by atoms with van der Waals surface area (Å²) < 4.78 is 1.98. The van der Waals surface area contributed by atoms with Gasteiger partial charge in [-0.05, 0) is 50.5 Å². The standard InChI is InChI=1S/C18H36N6S.HI/c1-14(9-10-18(3,4)5)21-17(19-11-8-12-25-7)20-13-16-23-22-15(2)24(16)6;/h14H,8-13H2,1-7H3,(H2,19,20,21);1H. The summed E-state index contributed by atoms with van der Waals surface area (Å²) in [7, 11) is 1.98. The molecule has 0 aliphatic carbocycles. The molecule has 0 aliphatic heterocycles. The maximum atomic E-state index is 4.71. The van der Waals surface area contributed by atoms with Crippen LogP contribution < -0.4 is 10.6 Å². The van der Waals surface area contributed by atoms with E-state index in [1.54, 1.807) is 0 Å². The number of nitrogens with one attached hydrogen (secondary N) is 2. The highest BCUT2D eigenvalue weighted by atomic mass is 127. The Morgan fingerprint density at radius 2 is 2.00 bits per heavy atom. The number of aromatic nitrogens is 3. The van der Waals surface area contributed by atoms with Crippen molar-refractivity contribution in [1.29, 1.82) is 0 Å². The molecule has 0 saturated carbocycles. The molecule has 1 atom stereocenters. The van der Waals surface area contributed by atoms with Gasteiger partial charge in [-0.15, -0.1) is 34.2 Å². The van der Waals surface area contributed by atoms with E-state index in [9.17, 15) is 0 Å². The van der Waals surface area contributed by atoms with Crippen LogP contribution in [-0.2, 0) is 13.6 Å². The molecule has 1 unspecified atom stereocenters. The van der Waals surface area contributed by atoms with Gasteiger partial charge in [-0.1, -0.05) is 20.8 Å². The van der Waals surface area contributed by atoms with Crippen molar-refractivity contribution in [2.24, 2.45) is 17.5 Å². The van der Waals surface area contributed by atoms with Crippen LogP contribution >= 0.6 is 35.7 Å². The Bertz CT molecular complexity index is 538. The van der Waals surface area contributed by atoms with Gasteiger partial charge in [0.1, 0.15) is 12.4 Å². The molecule has 0 bridgehead atoms. The minimum Gasteiger partial charge on any atom is -0.356 e. The van der Waals surface area contributed by atoms with E-state index in [0.29, 0.717) is 18.0 Å². The van der Waals surface area contributed by atoms with Crippen LogP contribution in [-0.4, -0.2) is 45.3 Å². The zero-order valence-electron chi connectivity index (χ0n) is 17.4. The van der Waals surface area contributed by atoms with E-state index in [4.69, 9.17) is 4.99 Å². The van der Waals surface area contributed by atoms with Crippen LogP contribution in [0.3, 0.4) is 0 Å². The predicted octanol–water partition coefficient (Wildman–Crippen LogP) is 3.74. The number of hydrogen-bond acceptors (Lipinski definition) is 4. The molecule has 1 heterocycles. The van der Waals surface area contributed by atoms with Gasteiger partial charge in [0, 0.05) is 19.6 Å². The van der Waals surface area contributed by atoms with Crippen molar-refractivity contribution in [3.05, 3.63) is 11.6 Å². The van der Waals surface area contributed by atoms with Crippen molar-refractivity contribution >= 4 is 41.7 Å². The molecule has 0 aliphatic rings. The van der Waals surface area contributed by atoms with Crippen LogP contribution in [0, 0.1) is 12.3 Å². The number of halogens is 1. The van der Waals surface area contributed by atoms with Gasteiger partial charge in [-0.2, -0.15) is 11.8 Å². The lowest BCUT2D eigenvalue weighted by Gasteiger charge is -2.23. The number of nitrogens with zero attached hydrogens (tertiary/aromatic N) is 4. The third-order valence-corrected chi connectivity index (χ3v) is 4.79. The summed E-state index contributed by atoms with van der Waals surface area (Å²) in [5.41, 5.74) is 0.356. The maximum Gasteiger partial charge on any atom is 0.191 e. The summed E-state index contributed by atoms with van der Waals surface area (Å²) in [4.78, 5) is 4.71. The van der Waals surface area contributed by atoms with E-state index >= 15 is 0 Å². The fourth-order valence-electron chi connectivity index (χ4n) is 2.27. The highest BCUT2D eigenvalue weighted by Gasteiger charge is 2.13.